The molecule has 202 valence electrons. The lowest BCUT2D eigenvalue weighted by atomic mass is 9.94. The molecule has 2 aromatic heterocycles. The van der Waals surface area contributed by atoms with Crippen LogP contribution in [0.1, 0.15) is 54.1 Å². The molecule has 0 saturated heterocycles. The summed E-state index contributed by atoms with van der Waals surface area (Å²) in [6, 6.07) is 16.1. The summed E-state index contributed by atoms with van der Waals surface area (Å²) in [5, 5.41) is 16.7. The van der Waals surface area contributed by atoms with Crippen molar-refractivity contribution in [1.82, 2.24) is 25.5 Å². The van der Waals surface area contributed by atoms with Crippen LogP contribution < -0.4 is 15.0 Å². The number of carbonyl (C=O) groups excluding carboxylic acids is 2. The van der Waals surface area contributed by atoms with E-state index in [1.165, 1.54) is 24.1 Å². The van der Waals surface area contributed by atoms with Crippen LogP contribution >= 0.6 is 11.3 Å². The third-order valence-corrected chi connectivity index (χ3v) is 7.97. The molecule has 1 aliphatic carbocycles. The van der Waals surface area contributed by atoms with Crippen molar-refractivity contribution in [3.63, 3.8) is 0 Å². The smallest absolute Gasteiger partial charge is 0.248 e. The number of carbonyl (C=O) groups is 2. The lowest BCUT2D eigenvalue weighted by Gasteiger charge is -2.34. The van der Waals surface area contributed by atoms with E-state index in [1.54, 1.807) is 16.7 Å². The van der Waals surface area contributed by atoms with Crippen molar-refractivity contribution in [2.75, 3.05) is 12.0 Å². The van der Waals surface area contributed by atoms with Crippen molar-refractivity contribution in [2.24, 2.45) is 0 Å². The highest BCUT2D eigenvalue weighted by Gasteiger charge is 2.34. The van der Waals surface area contributed by atoms with Crippen molar-refractivity contribution >= 4 is 28.8 Å². The minimum atomic E-state index is -0.882. The molecular formula is C29H32N6O3S. The first-order valence-corrected chi connectivity index (χ1v) is 14.0. The first-order chi connectivity index (χ1) is 19.0. The van der Waals surface area contributed by atoms with Gasteiger partial charge in [-0.3, -0.25) is 14.5 Å². The summed E-state index contributed by atoms with van der Waals surface area (Å²) in [6.45, 7) is 1.94. The molecule has 2 amide bonds. The Balaban J connectivity index is 1.59. The highest BCUT2D eigenvalue weighted by molar-refractivity contribution is 7.10. The van der Waals surface area contributed by atoms with Gasteiger partial charge in [-0.25, -0.2) is 4.68 Å². The number of benzene rings is 2. The number of hydrogen-bond donors (Lipinski definition) is 1. The van der Waals surface area contributed by atoms with Gasteiger partial charge in [0.1, 0.15) is 18.1 Å². The van der Waals surface area contributed by atoms with Gasteiger partial charge in [-0.15, -0.1) is 16.4 Å². The number of tetrazole rings is 1. The first kappa shape index (κ1) is 26.6. The second kappa shape index (κ2) is 12.2. The number of ether oxygens (including phenoxy) is 1. The van der Waals surface area contributed by atoms with Crippen molar-refractivity contribution in [2.45, 2.75) is 57.5 Å². The SMILES string of the molecule is COc1cccc(C(C(=O)NC2CCCCC2)N(C(=O)Cc2cccs2)c2ccc(-n3cnnn3)c(C)c2)c1. The highest BCUT2D eigenvalue weighted by Crippen LogP contribution is 2.33. The van der Waals surface area contributed by atoms with E-state index in [0.717, 1.165) is 41.8 Å². The van der Waals surface area contributed by atoms with Crippen LogP contribution in [0.25, 0.3) is 5.69 Å². The van der Waals surface area contributed by atoms with Gasteiger partial charge < -0.3 is 10.1 Å². The Labute approximate surface area is 231 Å². The van der Waals surface area contributed by atoms with E-state index in [9.17, 15) is 9.59 Å². The van der Waals surface area contributed by atoms with E-state index in [0.29, 0.717) is 17.0 Å². The Morgan fingerprint density at radius 1 is 1.13 bits per heavy atom. The number of thiophene rings is 1. The van der Waals surface area contributed by atoms with Gasteiger partial charge in [0.15, 0.2) is 0 Å². The maximum Gasteiger partial charge on any atom is 0.248 e. The molecule has 4 aromatic rings. The predicted molar refractivity (Wildman–Crippen MR) is 150 cm³/mol. The van der Waals surface area contributed by atoms with E-state index in [2.05, 4.69) is 20.8 Å². The van der Waals surface area contributed by atoms with Crippen molar-refractivity contribution in [1.29, 1.82) is 0 Å². The molecule has 0 bridgehead atoms. The van der Waals surface area contributed by atoms with Gasteiger partial charge in [-0.1, -0.05) is 37.5 Å². The van der Waals surface area contributed by atoms with Crippen LogP contribution in [0.2, 0.25) is 0 Å². The molecule has 0 aliphatic heterocycles. The van der Waals surface area contributed by atoms with Gasteiger partial charge in [0.05, 0.1) is 19.2 Å². The maximum absolute atomic E-state index is 14.1. The van der Waals surface area contributed by atoms with Gasteiger partial charge in [0.2, 0.25) is 11.8 Å². The molecule has 9 nitrogen and oxygen atoms in total. The summed E-state index contributed by atoms with van der Waals surface area (Å²) in [5.74, 6) is 0.259. The van der Waals surface area contributed by atoms with Gasteiger partial charge in [-0.2, -0.15) is 0 Å². The number of amides is 2. The molecule has 1 fully saturated rings. The molecule has 1 atom stereocenters. The average molecular weight is 545 g/mol. The van der Waals surface area contributed by atoms with E-state index < -0.39 is 6.04 Å². The molecule has 5 rings (SSSR count). The third-order valence-electron chi connectivity index (χ3n) is 7.10. The Morgan fingerprint density at radius 3 is 2.67 bits per heavy atom. The van der Waals surface area contributed by atoms with Gasteiger partial charge in [-0.05, 0) is 83.1 Å². The van der Waals surface area contributed by atoms with Crippen molar-refractivity contribution in [3.05, 3.63) is 82.3 Å². The monoisotopic (exact) mass is 544 g/mol. The largest absolute Gasteiger partial charge is 0.497 e. The molecule has 1 unspecified atom stereocenters. The standard InChI is InChI=1S/C29H32N6O3S/c1-20-16-23(13-14-26(20)34-19-30-32-33-34)35(27(36)18-25-12-7-15-39-25)28(21-8-6-11-24(17-21)38-2)29(37)31-22-9-4-3-5-10-22/h6-8,11-17,19,22,28H,3-5,9-10,18H2,1-2H3,(H,31,37). The Bertz CT molecular complexity index is 1400. The summed E-state index contributed by atoms with van der Waals surface area (Å²) in [6.07, 6.45) is 6.96. The average Bonchev–Trinajstić information content (AvgIpc) is 3.67. The van der Waals surface area contributed by atoms with Gasteiger partial charge in [0.25, 0.3) is 0 Å². The summed E-state index contributed by atoms with van der Waals surface area (Å²) < 4.78 is 7.06. The van der Waals surface area contributed by atoms with E-state index in [1.807, 2.05) is 66.9 Å². The van der Waals surface area contributed by atoms with Crippen LogP contribution in [0, 0.1) is 6.92 Å². The van der Waals surface area contributed by atoms with Crippen LogP contribution in [-0.4, -0.2) is 45.2 Å². The summed E-state index contributed by atoms with van der Waals surface area (Å²) in [4.78, 5) is 30.7. The number of anilines is 1. The van der Waals surface area contributed by atoms with Gasteiger partial charge >= 0.3 is 0 Å². The summed E-state index contributed by atoms with van der Waals surface area (Å²) in [5.41, 5.74) is 2.96. The van der Waals surface area contributed by atoms with Crippen LogP contribution in [-0.2, 0) is 16.0 Å². The molecule has 10 heteroatoms. The van der Waals surface area contributed by atoms with Crippen LogP contribution in [0.4, 0.5) is 5.69 Å². The lowest BCUT2D eigenvalue weighted by Crippen LogP contribution is -2.47. The number of methoxy groups -OCH3 is 1. The fourth-order valence-corrected chi connectivity index (χ4v) is 5.85. The van der Waals surface area contributed by atoms with E-state index in [4.69, 9.17) is 4.74 Å². The lowest BCUT2D eigenvalue weighted by molar-refractivity contribution is -0.127. The highest BCUT2D eigenvalue weighted by atomic mass is 32.1. The maximum atomic E-state index is 14.1. The molecule has 39 heavy (non-hydrogen) atoms. The second-order valence-corrected chi connectivity index (χ2v) is 10.8. The zero-order valence-corrected chi connectivity index (χ0v) is 22.9. The minimum Gasteiger partial charge on any atom is -0.497 e. The fraction of sp³-hybridized carbons (Fsp3) is 0.345. The van der Waals surface area contributed by atoms with Crippen molar-refractivity contribution < 1.29 is 14.3 Å². The Hall–Kier alpha value is -4.05. The Morgan fingerprint density at radius 2 is 1.97 bits per heavy atom. The van der Waals surface area contributed by atoms with E-state index in [-0.39, 0.29) is 24.3 Å². The molecule has 0 radical (unpaired) electrons. The summed E-state index contributed by atoms with van der Waals surface area (Å²) in [7, 11) is 1.59. The third kappa shape index (κ3) is 6.17. The topological polar surface area (TPSA) is 102 Å². The number of nitrogens with zero attached hydrogens (tertiary/aromatic N) is 5. The van der Waals surface area contributed by atoms with Crippen molar-refractivity contribution in [3.8, 4) is 11.4 Å². The van der Waals surface area contributed by atoms with Crippen LogP contribution in [0.3, 0.4) is 0 Å². The molecular weight excluding hydrogens is 512 g/mol. The molecule has 2 heterocycles. The molecule has 0 spiro atoms. The normalized spacial score (nSPS) is 14.5. The number of aryl methyl sites for hydroxylation is 1. The number of aromatic nitrogens is 4. The molecule has 1 N–H and O–H groups in total. The predicted octanol–water partition coefficient (Wildman–Crippen LogP) is 4.81. The minimum absolute atomic E-state index is 0.0949. The quantitative estimate of drug-likeness (QED) is 0.325. The zero-order valence-electron chi connectivity index (χ0n) is 22.1. The van der Waals surface area contributed by atoms with Crippen LogP contribution in [0.15, 0.2) is 66.3 Å². The number of hydrogen-bond acceptors (Lipinski definition) is 7. The first-order valence-electron chi connectivity index (χ1n) is 13.2. The second-order valence-electron chi connectivity index (χ2n) is 9.77. The summed E-state index contributed by atoms with van der Waals surface area (Å²) >= 11 is 1.52. The zero-order chi connectivity index (χ0) is 27.2. The van der Waals surface area contributed by atoms with Gasteiger partial charge in [0, 0.05) is 16.6 Å². The molecule has 2 aromatic carbocycles. The molecule has 1 saturated carbocycles. The Kier molecular flexibility index (Phi) is 8.31. The van der Waals surface area contributed by atoms with Crippen LogP contribution in [0.5, 0.6) is 5.75 Å². The van der Waals surface area contributed by atoms with E-state index >= 15 is 0 Å². The number of nitrogens with one attached hydrogen (secondary N) is 1. The molecule has 1 aliphatic rings. The fourth-order valence-electron chi connectivity index (χ4n) is 5.16. The number of rotatable bonds is 9.